The summed E-state index contributed by atoms with van der Waals surface area (Å²) in [4.78, 5) is 18.8. The number of carbonyl (C=O) groups is 1. The Hall–Kier alpha value is -4.11. The molecule has 0 radical (unpaired) electrons. The number of rotatable bonds is 4. The monoisotopic (exact) mass is 524 g/mol. The molecule has 2 aliphatic rings. The third-order valence-corrected chi connectivity index (χ3v) is 9.14. The Bertz CT molecular complexity index is 1740. The van der Waals surface area contributed by atoms with Crippen molar-refractivity contribution in [3.05, 3.63) is 126 Å². The molecule has 3 nitrogen and oxygen atoms in total. The second-order valence-corrected chi connectivity index (χ2v) is 12.6. The van der Waals surface area contributed by atoms with E-state index >= 15 is 0 Å². The predicted molar refractivity (Wildman–Crippen MR) is 165 cm³/mol. The van der Waals surface area contributed by atoms with E-state index in [0.29, 0.717) is 0 Å². The predicted octanol–water partition coefficient (Wildman–Crippen LogP) is 8.10. The molecule has 7 rings (SSSR count). The van der Waals surface area contributed by atoms with Crippen LogP contribution >= 0.6 is 0 Å². The number of hydrogen-bond acceptors (Lipinski definition) is 2. The van der Waals surface area contributed by atoms with Crippen LogP contribution < -0.4 is 4.90 Å². The summed E-state index contributed by atoms with van der Waals surface area (Å²) in [5.41, 5.74) is 4.64. The summed E-state index contributed by atoms with van der Waals surface area (Å²) >= 11 is 0. The first-order valence-electron chi connectivity index (χ1n) is 14.5. The van der Waals surface area contributed by atoms with Crippen LogP contribution in [-0.4, -0.2) is 23.5 Å². The molecule has 2 heterocycles. The molecular weight excluding hydrogens is 488 g/mol. The van der Waals surface area contributed by atoms with Gasteiger partial charge in [-0.05, 0) is 57.1 Å². The van der Waals surface area contributed by atoms with Crippen molar-refractivity contribution in [3.8, 4) is 0 Å². The van der Waals surface area contributed by atoms with E-state index in [1.165, 1.54) is 43.9 Å². The Morgan fingerprint density at radius 3 is 2.02 bits per heavy atom. The van der Waals surface area contributed by atoms with Gasteiger partial charge in [-0.25, -0.2) is 0 Å². The lowest BCUT2D eigenvalue weighted by molar-refractivity contribution is -0.140. The number of nitrogens with zero attached hydrogens (tertiary/aromatic N) is 2. The van der Waals surface area contributed by atoms with Gasteiger partial charge < -0.3 is 9.80 Å². The zero-order valence-electron chi connectivity index (χ0n) is 23.6. The lowest BCUT2D eigenvalue weighted by Gasteiger charge is -2.41. The lowest BCUT2D eigenvalue weighted by atomic mass is 9.73. The molecule has 2 atom stereocenters. The van der Waals surface area contributed by atoms with E-state index in [2.05, 4.69) is 140 Å². The molecule has 1 fully saturated rings. The third-order valence-electron chi connectivity index (χ3n) is 9.14. The quantitative estimate of drug-likeness (QED) is 0.237. The van der Waals surface area contributed by atoms with Crippen LogP contribution in [0, 0.1) is 5.41 Å². The maximum absolute atomic E-state index is 14.1. The van der Waals surface area contributed by atoms with Gasteiger partial charge in [0.1, 0.15) is 6.17 Å². The van der Waals surface area contributed by atoms with Crippen LogP contribution in [0.15, 0.2) is 109 Å². The van der Waals surface area contributed by atoms with Crippen molar-refractivity contribution in [1.82, 2.24) is 4.90 Å². The highest BCUT2D eigenvalue weighted by molar-refractivity contribution is 5.88. The third kappa shape index (κ3) is 3.83. The SMILES string of the molecule is CC(C)(C)C(=O)N1CCC2(Cc3cccc4ccccc34)c3ccccc3N(Cc3cccc4ccccc34)C12. The van der Waals surface area contributed by atoms with Gasteiger partial charge in [-0.3, -0.25) is 4.79 Å². The maximum Gasteiger partial charge on any atom is 0.229 e. The van der Waals surface area contributed by atoms with E-state index in [-0.39, 0.29) is 17.5 Å². The molecule has 2 aliphatic heterocycles. The number of hydrogen-bond donors (Lipinski definition) is 0. The molecule has 1 amide bonds. The number of carbonyl (C=O) groups excluding carboxylic acids is 1. The fourth-order valence-corrected chi connectivity index (χ4v) is 7.38. The molecule has 200 valence electrons. The number of amides is 1. The molecule has 40 heavy (non-hydrogen) atoms. The molecule has 0 spiro atoms. The van der Waals surface area contributed by atoms with Gasteiger partial charge in [0.15, 0.2) is 0 Å². The minimum Gasteiger partial charge on any atom is -0.346 e. The van der Waals surface area contributed by atoms with E-state index in [4.69, 9.17) is 0 Å². The molecule has 5 aromatic carbocycles. The van der Waals surface area contributed by atoms with Gasteiger partial charge in [0.05, 0.1) is 0 Å². The van der Waals surface area contributed by atoms with Gasteiger partial charge in [-0.1, -0.05) is 124 Å². The first-order valence-corrected chi connectivity index (χ1v) is 14.5. The lowest BCUT2D eigenvalue weighted by Crippen LogP contribution is -2.54. The highest BCUT2D eigenvalue weighted by Gasteiger charge is 2.59. The van der Waals surface area contributed by atoms with Crippen LogP contribution in [0.1, 0.15) is 43.9 Å². The van der Waals surface area contributed by atoms with E-state index in [1.54, 1.807) is 0 Å². The van der Waals surface area contributed by atoms with Crippen molar-refractivity contribution in [3.63, 3.8) is 0 Å². The fraction of sp³-hybridized carbons (Fsp3) is 0.270. The number of fused-ring (bicyclic) bond motifs is 5. The summed E-state index contributed by atoms with van der Waals surface area (Å²) in [5, 5.41) is 5.11. The summed E-state index contributed by atoms with van der Waals surface area (Å²) in [6, 6.07) is 39.5. The number of likely N-dealkylation sites (tertiary alicyclic amines) is 1. The van der Waals surface area contributed by atoms with E-state index in [0.717, 1.165) is 25.9 Å². The molecule has 5 aromatic rings. The summed E-state index contributed by atoms with van der Waals surface area (Å²) in [6.45, 7) is 7.69. The van der Waals surface area contributed by atoms with Crippen LogP contribution in [-0.2, 0) is 23.2 Å². The molecule has 2 unspecified atom stereocenters. The standard InChI is InChI=1S/C37H36N2O/c1-36(2,3)35(40)38-23-22-37(24-28-16-10-14-26-12-4-6-18-30(26)28)32-20-8-9-21-33(32)39(34(37)38)25-29-17-11-15-27-13-5-7-19-31(27)29/h4-21,34H,22-25H2,1-3H3. The zero-order chi connectivity index (χ0) is 27.5. The zero-order valence-corrected chi connectivity index (χ0v) is 23.6. The van der Waals surface area contributed by atoms with Crippen molar-refractivity contribution in [2.45, 2.75) is 51.7 Å². The van der Waals surface area contributed by atoms with Crippen LogP contribution in [0.3, 0.4) is 0 Å². The Balaban J connectivity index is 1.41. The molecular formula is C37H36N2O. The summed E-state index contributed by atoms with van der Waals surface area (Å²) in [7, 11) is 0. The van der Waals surface area contributed by atoms with Crippen LogP contribution in [0.4, 0.5) is 5.69 Å². The fourth-order valence-electron chi connectivity index (χ4n) is 7.38. The minimum absolute atomic E-state index is 0.0467. The maximum atomic E-state index is 14.1. The first-order chi connectivity index (χ1) is 19.4. The first kappa shape index (κ1) is 24.9. The van der Waals surface area contributed by atoms with Gasteiger partial charge in [0.2, 0.25) is 5.91 Å². The van der Waals surface area contributed by atoms with Crippen LogP contribution in [0.25, 0.3) is 21.5 Å². The normalized spacial score (nSPS) is 20.2. The topological polar surface area (TPSA) is 23.6 Å². The van der Waals surface area contributed by atoms with E-state index in [1.807, 2.05) is 0 Å². The molecule has 0 N–H and O–H groups in total. The van der Waals surface area contributed by atoms with Crippen molar-refractivity contribution in [2.75, 3.05) is 11.4 Å². The summed E-state index contributed by atoms with van der Waals surface area (Å²) in [5.74, 6) is 0.230. The summed E-state index contributed by atoms with van der Waals surface area (Å²) in [6.07, 6.45) is 1.80. The molecule has 0 aliphatic carbocycles. The highest BCUT2D eigenvalue weighted by Crippen LogP contribution is 2.55. The highest BCUT2D eigenvalue weighted by atomic mass is 16.2. The average Bonchev–Trinajstić information content (AvgIpc) is 3.46. The Morgan fingerprint density at radius 2 is 1.32 bits per heavy atom. The van der Waals surface area contributed by atoms with E-state index < -0.39 is 5.41 Å². The second-order valence-electron chi connectivity index (χ2n) is 12.6. The van der Waals surface area contributed by atoms with Crippen molar-refractivity contribution in [1.29, 1.82) is 0 Å². The minimum atomic E-state index is -0.449. The molecule has 0 bridgehead atoms. The smallest absolute Gasteiger partial charge is 0.229 e. The molecule has 1 saturated heterocycles. The Morgan fingerprint density at radius 1 is 0.750 bits per heavy atom. The number of benzene rings is 5. The van der Waals surface area contributed by atoms with Crippen LogP contribution in [0.5, 0.6) is 0 Å². The molecule has 0 saturated carbocycles. The van der Waals surface area contributed by atoms with Crippen LogP contribution in [0.2, 0.25) is 0 Å². The Kier molecular flexibility index (Phi) is 5.75. The van der Waals surface area contributed by atoms with Gasteiger partial charge in [0.25, 0.3) is 0 Å². The Labute approximate surface area is 237 Å². The van der Waals surface area contributed by atoms with Gasteiger partial charge in [-0.2, -0.15) is 0 Å². The largest absolute Gasteiger partial charge is 0.346 e. The van der Waals surface area contributed by atoms with Crippen molar-refractivity contribution < 1.29 is 4.79 Å². The number of para-hydroxylation sites is 1. The number of anilines is 1. The second kappa shape index (κ2) is 9.23. The molecule has 3 heteroatoms. The molecule has 0 aromatic heterocycles. The summed E-state index contributed by atoms with van der Waals surface area (Å²) < 4.78 is 0. The van der Waals surface area contributed by atoms with Crippen molar-refractivity contribution >= 4 is 33.1 Å². The average molecular weight is 525 g/mol. The van der Waals surface area contributed by atoms with Gasteiger partial charge in [0, 0.05) is 29.6 Å². The van der Waals surface area contributed by atoms with Gasteiger partial charge in [-0.15, -0.1) is 0 Å². The van der Waals surface area contributed by atoms with E-state index in [9.17, 15) is 4.79 Å². The van der Waals surface area contributed by atoms with Crippen molar-refractivity contribution in [2.24, 2.45) is 5.41 Å². The van der Waals surface area contributed by atoms with Gasteiger partial charge >= 0.3 is 0 Å².